The normalized spacial score (nSPS) is 29.0. The molecule has 0 unspecified atom stereocenters. The Morgan fingerprint density at radius 1 is 1.67 bits per heavy atom. The van der Waals surface area contributed by atoms with Crippen molar-refractivity contribution in [2.24, 2.45) is 0 Å². The molecule has 0 radical (unpaired) electrons. The Labute approximate surface area is 74.9 Å². The van der Waals surface area contributed by atoms with Crippen LogP contribution in [0, 0.1) is 0 Å². The molecule has 0 aromatic carbocycles. The lowest BCUT2D eigenvalue weighted by atomic mass is 10.3. The van der Waals surface area contributed by atoms with Crippen molar-refractivity contribution in [2.45, 2.75) is 26.7 Å². The van der Waals surface area contributed by atoms with Crippen molar-refractivity contribution in [1.82, 2.24) is 5.09 Å². The zero-order valence-electron chi connectivity index (χ0n) is 7.97. The van der Waals surface area contributed by atoms with Gasteiger partial charge in [-0.15, -0.1) is 0 Å². The van der Waals surface area contributed by atoms with E-state index in [-0.39, 0.29) is 0 Å². The van der Waals surface area contributed by atoms with Gasteiger partial charge in [0.1, 0.15) is 0 Å². The first-order valence-corrected chi connectivity index (χ1v) is 6.73. The third-order valence-corrected chi connectivity index (χ3v) is 4.75. The predicted octanol–water partition coefficient (Wildman–Crippen LogP) is 2.61. The van der Waals surface area contributed by atoms with Crippen molar-refractivity contribution in [3.8, 4) is 0 Å². The first kappa shape index (κ1) is 10.0. The monoisotopic (exact) mass is 187 g/mol. The highest BCUT2D eigenvalue weighted by Crippen LogP contribution is 2.47. The van der Waals surface area contributed by atoms with Crippen LogP contribution in [0.5, 0.6) is 0 Å². The number of hydrogen-bond donors (Lipinski definition) is 1. The Bertz CT molecular complexity index is 223. The zero-order valence-corrected chi connectivity index (χ0v) is 8.86. The van der Waals surface area contributed by atoms with Crippen LogP contribution in [0.25, 0.3) is 0 Å². The average Bonchev–Trinajstić information content (AvgIpc) is 2.32. The Morgan fingerprint density at radius 2 is 2.42 bits per heavy atom. The van der Waals surface area contributed by atoms with Crippen molar-refractivity contribution in [3.63, 3.8) is 0 Å². The van der Waals surface area contributed by atoms with Gasteiger partial charge in [-0.2, -0.15) is 0 Å². The van der Waals surface area contributed by atoms with E-state index in [9.17, 15) is 4.57 Å². The standard InChI is InChI=1S/C9H18NOP/c1-3-4-6-10-12(11)7-5-9(2)8-12/h5H,3-4,6-8H2,1-2H3,(H,10,11)/t12-/m1/s1. The summed E-state index contributed by atoms with van der Waals surface area (Å²) in [6.07, 6.45) is 5.95. The number of hydrogen-bond acceptors (Lipinski definition) is 1. The summed E-state index contributed by atoms with van der Waals surface area (Å²) in [5, 5.41) is 3.19. The van der Waals surface area contributed by atoms with E-state index in [0.717, 1.165) is 25.3 Å². The summed E-state index contributed by atoms with van der Waals surface area (Å²) < 4.78 is 11.9. The largest absolute Gasteiger partial charge is 0.306 e. The Hall–Kier alpha value is -0.0700. The number of unbranched alkanes of at least 4 members (excludes halogenated alkanes) is 1. The van der Waals surface area contributed by atoms with Gasteiger partial charge in [-0.05, 0) is 13.3 Å². The highest BCUT2D eigenvalue weighted by Gasteiger charge is 2.24. The summed E-state index contributed by atoms with van der Waals surface area (Å²) in [6.45, 7) is 5.12. The molecule has 1 atom stereocenters. The fourth-order valence-corrected chi connectivity index (χ4v) is 3.89. The van der Waals surface area contributed by atoms with Gasteiger partial charge in [0.15, 0.2) is 7.29 Å². The van der Waals surface area contributed by atoms with Crippen LogP contribution in [0.15, 0.2) is 11.6 Å². The van der Waals surface area contributed by atoms with Gasteiger partial charge >= 0.3 is 0 Å². The van der Waals surface area contributed by atoms with E-state index in [4.69, 9.17) is 0 Å². The highest BCUT2D eigenvalue weighted by molar-refractivity contribution is 7.62. The minimum atomic E-state index is -2.00. The molecule has 1 rings (SSSR count). The first-order chi connectivity index (χ1) is 5.66. The van der Waals surface area contributed by atoms with E-state index in [0.29, 0.717) is 0 Å². The van der Waals surface area contributed by atoms with Crippen molar-refractivity contribution in [2.75, 3.05) is 18.9 Å². The van der Waals surface area contributed by atoms with Crippen molar-refractivity contribution < 1.29 is 4.57 Å². The second-order valence-corrected chi connectivity index (χ2v) is 6.32. The molecule has 0 fully saturated rings. The van der Waals surface area contributed by atoms with Crippen LogP contribution in [0.4, 0.5) is 0 Å². The van der Waals surface area contributed by atoms with E-state index in [2.05, 4.69) is 25.0 Å². The van der Waals surface area contributed by atoms with Crippen LogP contribution in [-0.4, -0.2) is 18.9 Å². The lowest BCUT2D eigenvalue weighted by molar-refractivity contribution is 0.567. The van der Waals surface area contributed by atoms with Crippen LogP contribution in [-0.2, 0) is 4.57 Å². The number of nitrogens with one attached hydrogen (secondary N) is 1. The molecule has 0 bridgehead atoms. The third kappa shape index (κ3) is 2.76. The number of allylic oxidation sites excluding steroid dienone is 2. The van der Waals surface area contributed by atoms with Crippen LogP contribution < -0.4 is 5.09 Å². The topological polar surface area (TPSA) is 29.1 Å². The quantitative estimate of drug-likeness (QED) is 0.416. The molecule has 0 aromatic rings. The fraction of sp³-hybridized carbons (Fsp3) is 0.778. The molecule has 2 nitrogen and oxygen atoms in total. The van der Waals surface area contributed by atoms with Crippen molar-refractivity contribution >= 4 is 7.29 Å². The molecule has 1 N–H and O–H groups in total. The lowest BCUT2D eigenvalue weighted by Crippen LogP contribution is -2.13. The molecule has 12 heavy (non-hydrogen) atoms. The molecule has 0 saturated carbocycles. The predicted molar refractivity (Wildman–Crippen MR) is 54.0 cm³/mol. The molecule has 1 aliphatic rings. The van der Waals surface area contributed by atoms with Crippen LogP contribution in [0.2, 0.25) is 0 Å². The Kier molecular flexibility index (Phi) is 3.54. The summed E-state index contributed by atoms with van der Waals surface area (Å²) >= 11 is 0. The molecule has 0 saturated heterocycles. The summed E-state index contributed by atoms with van der Waals surface area (Å²) in [5.41, 5.74) is 1.28. The zero-order chi connectivity index (χ0) is 9.03. The second kappa shape index (κ2) is 4.25. The third-order valence-electron chi connectivity index (χ3n) is 2.17. The van der Waals surface area contributed by atoms with Gasteiger partial charge in [0.05, 0.1) is 0 Å². The molecule has 0 aliphatic carbocycles. The summed E-state index contributed by atoms with van der Waals surface area (Å²) in [4.78, 5) is 0. The van der Waals surface area contributed by atoms with Gasteiger partial charge in [-0.1, -0.05) is 25.0 Å². The number of rotatable bonds is 4. The maximum Gasteiger partial charge on any atom is 0.155 e. The van der Waals surface area contributed by atoms with E-state index in [1.165, 1.54) is 12.0 Å². The van der Waals surface area contributed by atoms with Gasteiger partial charge in [0.2, 0.25) is 0 Å². The van der Waals surface area contributed by atoms with E-state index < -0.39 is 7.29 Å². The van der Waals surface area contributed by atoms with Gasteiger partial charge in [0.25, 0.3) is 0 Å². The molecule has 1 aliphatic heterocycles. The second-order valence-electron chi connectivity index (χ2n) is 3.54. The fourth-order valence-electron chi connectivity index (χ4n) is 1.42. The van der Waals surface area contributed by atoms with Gasteiger partial charge < -0.3 is 4.57 Å². The van der Waals surface area contributed by atoms with Crippen LogP contribution in [0.3, 0.4) is 0 Å². The smallest absolute Gasteiger partial charge is 0.155 e. The van der Waals surface area contributed by atoms with Crippen molar-refractivity contribution in [1.29, 1.82) is 0 Å². The molecule has 0 spiro atoms. The molecule has 0 amide bonds. The maximum absolute atomic E-state index is 11.9. The van der Waals surface area contributed by atoms with Crippen LogP contribution >= 0.6 is 7.29 Å². The summed E-state index contributed by atoms with van der Waals surface area (Å²) in [5.74, 6) is 0. The lowest BCUT2D eigenvalue weighted by Gasteiger charge is -2.12. The molecule has 70 valence electrons. The van der Waals surface area contributed by atoms with Gasteiger partial charge in [-0.25, -0.2) is 0 Å². The SMILES string of the molecule is CCCCN[P@@]1(=O)CC=C(C)C1. The van der Waals surface area contributed by atoms with Gasteiger partial charge in [-0.3, -0.25) is 5.09 Å². The minimum absolute atomic E-state index is 0.766. The molecule has 1 heterocycles. The molecular weight excluding hydrogens is 169 g/mol. The summed E-state index contributed by atoms with van der Waals surface area (Å²) in [7, 11) is -2.00. The Morgan fingerprint density at radius 3 is 2.92 bits per heavy atom. The average molecular weight is 187 g/mol. The van der Waals surface area contributed by atoms with Crippen LogP contribution in [0.1, 0.15) is 26.7 Å². The first-order valence-electron chi connectivity index (χ1n) is 4.65. The highest BCUT2D eigenvalue weighted by atomic mass is 31.2. The molecular formula is C9H18NOP. The van der Waals surface area contributed by atoms with E-state index >= 15 is 0 Å². The van der Waals surface area contributed by atoms with E-state index in [1.54, 1.807) is 0 Å². The van der Waals surface area contributed by atoms with Crippen molar-refractivity contribution in [3.05, 3.63) is 11.6 Å². The summed E-state index contributed by atoms with van der Waals surface area (Å²) in [6, 6.07) is 0. The maximum atomic E-state index is 11.9. The molecule has 3 heteroatoms. The Balaban J connectivity index is 2.29. The van der Waals surface area contributed by atoms with Gasteiger partial charge in [0, 0.05) is 18.9 Å². The molecule has 0 aromatic heterocycles. The van der Waals surface area contributed by atoms with E-state index in [1.807, 2.05) is 0 Å². The minimum Gasteiger partial charge on any atom is -0.306 e.